The van der Waals surface area contributed by atoms with Crippen LogP contribution in [0.2, 0.25) is 0 Å². The van der Waals surface area contributed by atoms with Gasteiger partial charge in [0.2, 0.25) is 5.95 Å². The molecule has 0 N–H and O–H groups in total. The third-order valence-corrected chi connectivity index (χ3v) is 11.0. The van der Waals surface area contributed by atoms with E-state index in [1.54, 1.807) is 0 Å². The largest absolute Gasteiger partial charge is 0.453 e. The average Bonchev–Trinajstić information content (AvgIpc) is 3.59. The van der Waals surface area contributed by atoms with E-state index in [-0.39, 0.29) is 0 Å². The summed E-state index contributed by atoms with van der Waals surface area (Å²) in [6, 6.07) is 61.4. The lowest BCUT2D eigenvalue weighted by Gasteiger charge is -2.23. The van der Waals surface area contributed by atoms with Crippen LogP contribution in [0.25, 0.3) is 111 Å². The maximum Gasteiger partial charge on any atom is 0.238 e. The molecule has 6 nitrogen and oxygen atoms in total. The van der Waals surface area contributed by atoms with Crippen LogP contribution >= 0.6 is 0 Å². The van der Waals surface area contributed by atoms with Gasteiger partial charge in [0.05, 0.1) is 27.8 Å². The number of fused-ring (bicyclic) bond motifs is 7. The summed E-state index contributed by atoms with van der Waals surface area (Å²) in [4.78, 5) is 15.2. The van der Waals surface area contributed by atoms with Crippen molar-refractivity contribution in [2.24, 2.45) is 0 Å². The first kappa shape index (κ1) is 29.9. The van der Waals surface area contributed by atoms with Gasteiger partial charge in [-0.3, -0.25) is 4.57 Å². The van der Waals surface area contributed by atoms with Crippen LogP contribution in [-0.2, 0) is 0 Å². The maximum absolute atomic E-state index is 6.44. The summed E-state index contributed by atoms with van der Waals surface area (Å²) >= 11 is 0. The minimum Gasteiger partial charge on any atom is -0.453 e. The number of nitrogens with zero attached hydrogens (tertiary/aromatic N) is 5. The van der Waals surface area contributed by atoms with Crippen molar-refractivity contribution in [3.8, 4) is 45.5 Å². The molecule has 0 amide bonds. The van der Waals surface area contributed by atoms with Gasteiger partial charge in [0.15, 0.2) is 22.8 Å². The molecule has 10 aromatic rings. The van der Waals surface area contributed by atoms with Crippen molar-refractivity contribution in [1.82, 2.24) is 24.1 Å². The van der Waals surface area contributed by atoms with Crippen molar-refractivity contribution in [3.05, 3.63) is 176 Å². The quantitative estimate of drug-likeness (QED) is 0.135. The van der Waals surface area contributed by atoms with Crippen LogP contribution in [0.1, 0.15) is 0 Å². The minimum atomic E-state index is 0.581. The molecule has 2 aliphatic heterocycles. The molecule has 8 aromatic carbocycles. The van der Waals surface area contributed by atoms with Gasteiger partial charge >= 0.3 is 0 Å². The Hall–Kier alpha value is -7.57. The van der Waals surface area contributed by atoms with Gasteiger partial charge in [-0.2, -0.15) is 9.97 Å². The summed E-state index contributed by atoms with van der Waals surface area (Å²) in [7, 11) is 0. The minimum absolute atomic E-state index is 0.581. The first-order valence-corrected chi connectivity index (χ1v) is 18.5. The van der Waals surface area contributed by atoms with Gasteiger partial charge in [-0.15, -0.1) is 0 Å². The summed E-state index contributed by atoms with van der Waals surface area (Å²) in [5, 5.41) is 7.08. The van der Waals surface area contributed by atoms with Crippen molar-refractivity contribution >= 4 is 65.6 Å². The SMILES string of the molecule is c1ccc(-c2nc(-c3ccccc3)nc(-n3c4ccccc4c4cc(-c5ccc6c7c5cccc7c5cccc7oc8ccccc8n6-c75)ccc43)n2)cc1. The monoisotopic (exact) mass is 703 g/mol. The summed E-state index contributed by atoms with van der Waals surface area (Å²) in [6.45, 7) is 0. The highest BCUT2D eigenvalue weighted by Crippen LogP contribution is 2.44. The van der Waals surface area contributed by atoms with E-state index >= 15 is 0 Å². The highest BCUT2D eigenvalue weighted by atomic mass is 16.3. The average molecular weight is 704 g/mol. The van der Waals surface area contributed by atoms with E-state index in [4.69, 9.17) is 19.4 Å². The van der Waals surface area contributed by atoms with Crippen LogP contribution in [0.4, 0.5) is 0 Å². The van der Waals surface area contributed by atoms with Crippen molar-refractivity contribution in [3.63, 3.8) is 0 Å². The first-order valence-electron chi connectivity index (χ1n) is 18.5. The molecule has 4 heterocycles. The normalized spacial score (nSPS) is 12.0. The van der Waals surface area contributed by atoms with Gasteiger partial charge in [-0.05, 0) is 64.4 Å². The number of para-hydroxylation sites is 4. The number of hydrogen-bond acceptors (Lipinski definition) is 4. The lowest BCUT2D eigenvalue weighted by Crippen LogP contribution is -2.06. The summed E-state index contributed by atoms with van der Waals surface area (Å²) in [5.41, 5.74) is 11.3. The van der Waals surface area contributed by atoms with Gasteiger partial charge in [-0.25, -0.2) is 4.98 Å². The smallest absolute Gasteiger partial charge is 0.238 e. The Balaban J connectivity index is 1.11. The molecule has 0 bridgehead atoms. The van der Waals surface area contributed by atoms with Crippen LogP contribution in [-0.4, -0.2) is 24.1 Å². The van der Waals surface area contributed by atoms with E-state index in [0.717, 1.165) is 66.4 Å². The predicted octanol–water partition coefficient (Wildman–Crippen LogP) is 12.4. The van der Waals surface area contributed by atoms with Crippen molar-refractivity contribution in [2.45, 2.75) is 0 Å². The Bertz CT molecular complexity index is 3370. The molecular weight excluding hydrogens is 675 g/mol. The molecule has 0 unspecified atom stereocenters. The zero-order chi connectivity index (χ0) is 36.0. The zero-order valence-corrected chi connectivity index (χ0v) is 29.4. The fourth-order valence-corrected chi connectivity index (χ4v) is 8.57. The van der Waals surface area contributed by atoms with Crippen LogP contribution < -0.4 is 0 Å². The lowest BCUT2D eigenvalue weighted by atomic mass is 9.92. The molecule has 55 heavy (non-hydrogen) atoms. The van der Waals surface area contributed by atoms with Gasteiger partial charge in [-0.1, -0.05) is 133 Å². The Morgan fingerprint density at radius 3 is 1.76 bits per heavy atom. The molecular formula is C49H29N5O. The number of hydrogen-bond donors (Lipinski definition) is 0. The second-order valence-electron chi connectivity index (χ2n) is 14.0. The van der Waals surface area contributed by atoms with E-state index in [0.29, 0.717) is 17.6 Å². The molecule has 0 radical (unpaired) electrons. The molecule has 0 atom stereocenters. The van der Waals surface area contributed by atoms with Crippen LogP contribution in [0, 0.1) is 0 Å². The predicted molar refractivity (Wildman–Crippen MR) is 223 cm³/mol. The van der Waals surface area contributed by atoms with Crippen molar-refractivity contribution in [2.75, 3.05) is 0 Å². The van der Waals surface area contributed by atoms with Crippen LogP contribution in [0.5, 0.6) is 0 Å². The second kappa shape index (κ2) is 11.5. The summed E-state index contributed by atoms with van der Waals surface area (Å²) < 4.78 is 11.0. The van der Waals surface area contributed by atoms with Gasteiger partial charge in [0.25, 0.3) is 0 Å². The zero-order valence-electron chi connectivity index (χ0n) is 29.4. The van der Waals surface area contributed by atoms with Gasteiger partial charge < -0.3 is 8.98 Å². The first-order chi connectivity index (χ1) is 27.3. The standard InChI is InChI=1S/C49H29N5O/c1-3-13-30(14-4-1)47-50-48(31-15-5-2-6-16-31)52-49(51-47)54-39-21-8-7-17-34(39)38-29-32(25-27-40(38)54)33-26-28-42-45-35(33)18-11-19-36(45)37-20-12-24-44-46(37)53(42)41-22-9-10-23-43(41)55-44/h1-29H. The Morgan fingerprint density at radius 2 is 0.964 bits per heavy atom. The second-order valence-corrected chi connectivity index (χ2v) is 14.0. The molecule has 2 aliphatic rings. The van der Waals surface area contributed by atoms with E-state index in [1.165, 1.54) is 27.1 Å². The summed E-state index contributed by atoms with van der Waals surface area (Å²) in [5.74, 6) is 1.84. The van der Waals surface area contributed by atoms with Crippen LogP contribution in [0.15, 0.2) is 180 Å². The highest BCUT2D eigenvalue weighted by molar-refractivity contribution is 6.23. The molecule has 0 fully saturated rings. The molecule has 256 valence electrons. The fraction of sp³-hybridized carbons (Fsp3) is 0. The lowest BCUT2D eigenvalue weighted by molar-refractivity contribution is 0.648. The molecule has 0 saturated carbocycles. The third-order valence-electron chi connectivity index (χ3n) is 11.0. The highest BCUT2D eigenvalue weighted by Gasteiger charge is 2.23. The molecule has 2 aromatic heterocycles. The van der Waals surface area contributed by atoms with Crippen molar-refractivity contribution < 1.29 is 4.42 Å². The molecule has 12 rings (SSSR count). The van der Waals surface area contributed by atoms with E-state index in [9.17, 15) is 0 Å². The maximum atomic E-state index is 6.44. The van der Waals surface area contributed by atoms with Gasteiger partial charge in [0.1, 0.15) is 0 Å². The number of pyridine rings is 1. The molecule has 0 aliphatic carbocycles. The van der Waals surface area contributed by atoms with Gasteiger partial charge in [0, 0.05) is 32.7 Å². The molecule has 6 heteroatoms. The number of aromatic nitrogens is 5. The number of benzene rings is 8. The molecule has 0 saturated heterocycles. The Morgan fingerprint density at radius 1 is 0.364 bits per heavy atom. The number of rotatable bonds is 4. The topological polar surface area (TPSA) is 61.7 Å². The van der Waals surface area contributed by atoms with Crippen LogP contribution in [0.3, 0.4) is 0 Å². The fourth-order valence-electron chi connectivity index (χ4n) is 8.57. The third kappa shape index (κ3) is 4.39. The van der Waals surface area contributed by atoms with E-state index in [1.807, 2.05) is 72.8 Å². The molecule has 0 spiro atoms. The van der Waals surface area contributed by atoms with Crippen molar-refractivity contribution in [1.29, 1.82) is 0 Å². The Labute approximate surface area is 314 Å². The van der Waals surface area contributed by atoms with E-state index in [2.05, 4.69) is 112 Å². The Kier molecular flexibility index (Phi) is 6.24. The van der Waals surface area contributed by atoms with E-state index < -0.39 is 0 Å². The summed E-state index contributed by atoms with van der Waals surface area (Å²) in [6.07, 6.45) is 0.